The number of hydrogen-bond acceptors (Lipinski definition) is 10. The minimum atomic E-state index is -3.08. The average Bonchev–Trinajstić information content (AvgIpc) is 3.52. The average molecular weight is 514 g/mol. The zero-order valence-electron chi connectivity index (χ0n) is 19.8. The van der Waals surface area contributed by atoms with Gasteiger partial charge in [-0.15, -0.1) is 11.3 Å². The second kappa shape index (κ2) is 9.88. The number of alkyl halides is 2. The quantitative estimate of drug-likeness (QED) is 0.476. The molecule has 0 amide bonds. The molecular formula is C22H29F2N5O5S. The lowest BCUT2D eigenvalue weighted by Crippen LogP contribution is -2.46. The largest absolute Gasteiger partial charge is 0.481 e. The summed E-state index contributed by atoms with van der Waals surface area (Å²) in [5, 5.41) is 16.1. The monoisotopic (exact) mass is 513 g/mol. The number of ether oxygens (including phenoxy) is 1. The van der Waals surface area contributed by atoms with Crippen molar-refractivity contribution in [2.75, 3.05) is 39.4 Å². The Hall–Kier alpha value is -2.48. The predicted molar refractivity (Wildman–Crippen MR) is 123 cm³/mol. The van der Waals surface area contributed by atoms with E-state index in [1.54, 1.807) is 37.2 Å². The molecule has 10 nitrogen and oxygen atoms in total. The fourth-order valence-electron chi connectivity index (χ4n) is 4.40. The van der Waals surface area contributed by atoms with Gasteiger partial charge in [-0.05, 0) is 27.2 Å². The zero-order valence-corrected chi connectivity index (χ0v) is 20.6. The first kappa shape index (κ1) is 25.6. The van der Waals surface area contributed by atoms with Crippen LogP contribution in [-0.4, -0.2) is 95.2 Å². The number of esters is 1. The van der Waals surface area contributed by atoms with E-state index in [9.17, 15) is 14.7 Å². The number of hydrogen-bond donors (Lipinski definition) is 2. The summed E-state index contributed by atoms with van der Waals surface area (Å²) in [4.78, 5) is 39.8. The Morgan fingerprint density at radius 3 is 2.86 bits per heavy atom. The molecule has 0 bridgehead atoms. The number of amidine groups is 1. The van der Waals surface area contributed by atoms with Crippen LogP contribution in [-0.2, 0) is 19.2 Å². The molecule has 35 heavy (non-hydrogen) atoms. The van der Waals surface area contributed by atoms with E-state index in [4.69, 9.17) is 9.57 Å². The maximum absolute atomic E-state index is 15.2. The highest BCUT2D eigenvalue weighted by Crippen LogP contribution is 2.41. The van der Waals surface area contributed by atoms with Gasteiger partial charge in [0.1, 0.15) is 6.04 Å². The van der Waals surface area contributed by atoms with Gasteiger partial charge in [0, 0.05) is 30.4 Å². The molecule has 0 saturated carbocycles. The van der Waals surface area contributed by atoms with Crippen molar-refractivity contribution in [2.45, 2.75) is 45.2 Å². The molecule has 2 fully saturated rings. The molecule has 4 rings (SSSR count). The maximum atomic E-state index is 15.2. The van der Waals surface area contributed by atoms with Gasteiger partial charge < -0.3 is 15.2 Å². The third-order valence-electron chi connectivity index (χ3n) is 6.48. The van der Waals surface area contributed by atoms with E-state index in [0.29, 0.717) is 16.5 Å². The SMILES string of the molecule is CCOC(=O)C1=C(CN2CC(F)(F)C3C2CON3CCC(C)(C)C(=O)O)NC(c2nccs2)=NC1. The van der Waals surface area contributed by atoms with E-state index >= 15 is 8.78 Å². The van der Waals surface area contributed by atoms with Gasteiger partial charge in [0.2, 0.25) is 0 Å². The maximum Gasteiger partial charge on any atom is 0.337 e. The van der Waals surface area contributed by atoms with Crippen molar-refractivity contribution in [3.8, 4) is 0 Å². The van der Waals surface area contributed by atoms with Crippen molar-refractivity contribution in [3.05, 3.63) is 27.9 Å². The van der Waals surface area contributed by atoms with Crippen molar-refractivity contribution < 1.29 is 33.1 Å². The van der Waals surface area contributed by atoms with Crippen LogP contribution in [0.1, 0.15) is 32.2 Å². The number of aromatic nitrogens is 1. The first-order valence-corrected chi connectivity index (χ1v) is 12.3. The van der Waals surface area contributed by atoms with E-state index in [1.165, 1.54) is 16.4 Å². The molecule has 13 heteroatoms. The number of rotatable bonds is 9. The molecule has 2 saturated heterocycles. The number of nitrogens with zero attached hydrogens (tertiary/aromatic N) is 4. The van der Waals surface area contributed by atoms with Crippen LogP contribution in [0.25, 0.3) is 0 Å². The molecule has 2 N–H and O–H groups in total. The Labute approximate surface area is 205 Å². The summed E-state index contributed by atoms with van der Waals surface area (Å²) in [5.74, 6) is -4.14. The number of carbonyl (C=O) groups is 2. The van der Waals surface area contributed by atoms with Crippen molar-refractivity contribution in [1.82, 2.24) is 20.3 Å². The van der Waals surface area contributed by atoms with Gasteiger partial charge in [0.25, 0.3) is 5.92 Å². The molecule has 4 heterocycles. The lowest BCUT2D eigenvalue weighted by molar-refractivity contribution is -0.186. The van der Waals surface area contributed by atoms with E-state index in [-0.39, 0.29) is 44.8 Å². The van der Waals surface area contributed by atoms with E-state index in [2.05, 4.69) is 15.3 Å². The number of nitrogens with one attached hydrogen (secondary N) is 1. The zero-order chi connectivity index (χ0) is 25.4. The van der Waals surface area contributed by atoms with Crippen LogP contribution in [0.15, 0.2) is 27.8 Å². The number of halogens is 2. The van der Waals surface area contributed by atoms with Gasteiger partial charge in [-0.2, -0.15) is 5.06 Å². The number of thiazole rings is 1. The van der Waals surface area contributed by atoms with E-state index in [1.807, 2.05) is 0 Å². The minimum absolute atomic E-state index is 0.0448. The minimum Gasteiger partial charge on any atom is -0.481 e. The van der Waals surface area contributed by atoms with Gasteiger partial charge >= 0.3 is 11.9 Å². The second-order valence-corrected chi connectivity index (χ2v) is 10.3. The Morgan fingerprint density at radius 1 is 1.43 bits per heavy atom. The molecular weight excluding hydrogens is 484 g/mol. The molecule has 2 unspecified atom stereocenters. The molecule has 3 aliphatic rings. The second-order valence-electron chi connectivity index (χ2n) is 9.36. The Bertz CT molecular complexity index is 1030. The molecule has 3 aliphatic heterocycles. The standard InChI is InChI=1S/C22H29F2N5O5S/c1-4-33-19(30)13-9-26-17(18-25-6-8-35-18)27-14(13)10-28-12-22(23,24)16-15(28)11-34-29(16)7-5-21(2,3)20(31)32/h6,8,15-16H,4-5,7,9-12H2,1-3H3,(H,26,27)(H,31,32). The van der Waals surface area contributed by atoms with Crippen molar-refractivity contribution >= 4 is 29.1 Å². The van der Waals surface area contributed by atoms with Crippen LogP contribution in [0.2, 0.25) is 0 Å². The van der Waals surface area contributed by atoms with Crippen molar-refractivity contribution in [2.24, 2.45) is 10.4 Å². The summed E-state index contributed by atoms with van der Waals surface area (Å²) in [6.07, 6.45) is 1.80. The van der Waals surface area contributed by atoms with Crippen LogP contribution in [0, 0.1) is 5.41 Å². The number of fused-ring (bicyclic) bond motifs is 1. The number of aliphatic carboxylic acids is 1. The fourth-order valence-corrected chi connectivity index (χ4v) is 5.00. The Balaban J connectivity index is 1.52. The molecule has 0 aliphatic carbocycles. The number of carboxylic acids is 1. The first-order chi connectivity index (χ1) is 16.5. The predicted octanol–water partition coefficient (Wildman–Crippen LogP) is 1.75. The van der Waals surface area contributed by atoms with E-state index in [0.717, 1.165) is 0 Å². The number of carbonyl (C=O) groups excluding carboxylic acids is 1. The van der Waals surface area contributed by atoms with Gasteiger partial charge in [0.15, 0.2) is 10.8 Å². The molecule has 2 atom stereocenters. The third kappa shape index (κ3) is 5.22. The molecule has 0 radical (unpaired) electrons. The number of hydroxylamine groups is 2. The third-order valence-corrected chi connectivity index (χ3v) is 7.26. The van der Waals surface area contributed by atoms with Crippen molar-refractivity contribution in [3.63, 3.8) is 0 Å². The van der Waals surface area contributed by atoms with Crippen molar-refractivity contribution in [1.29, 1.82) is 0 Å². The smallest absolute Gasteiger partial charge is 0.337 e. The summed E-state index contributed by atoms with van der Waals surface area (Å²) >= 11 is 1.37. The van der Waals surface area contributed by atoms with Gasteiger partial charge in [-0.1, -0.05) is 0 Å². The summed E-state index contributed by atoms with van der Waals surface area (Å²) in [6, 6.07) is -1.84. The fraction of sp³-hybridized carbons (Fsp3) is 0.636. The number of carboxylic acid groups (broad SMARTS) is 1. The van der Waals surface area contributed by atoms with E-state index < -0.39 is 41.9 Å². The van der Waals surface area contributed by atoms with Crippen LogP contribution < -0.4 is 5.32 Å². The van der Waals surface area contributed by atoms with Crippen LogP contribution in [0.3, 0.4) is 0 Å². The molecule has 0 aromatic carbocycles. The van der Waals surface area contributed by atoms with Gasteiger partial charge in [-0.25, -0.2) is 18.6 Å². The lowest BCUT2D eigenvalue weighted by atomic mass is 9.89. The highest BCUT2D eigenvalue weighted by atomic mass is 32.1. The summed E-state index contributed by atoms with van der Waals surface area (Å²) in [6.45, 7) is 4.69. The normalized spacial score (nSPS) is 24.8. The Kier molecular flexibility index (Phi) is 7.23. The molecule has 192 valence electrons. The van der Waals surface area contributed by atoms with Gasteiger partial charge in [-0.3, -0.25) is 19.5 Å². The number of likely N-dealkylation sites (tertiary alicyclic amines) is 1. The van der Waals surface area contributed by atoms with Crippen LogP contribution in [0.4, 0.5) is 8.78 Å². The highest BCUT2D eigenvalue weighted by Gasteiger charge is 2.60. The van der Waals surface area contributed by atoms with Crippen LogP contribution in [0.5, 0.6) is 0 Å². The highest BCUT2D eigenvalue weighted by molar-refractivity contribution is 7.11. The summed E-state index contributed by atoms with van der Waals surface area (Å²) < 4.78 is 35.5. The van der Waals surface area contributed by atoms with Gasteiger partial charge in [0.05, 0.1) is 43.3 Å². The molecule has 0 spiro atoms. The first-order valence-electron chi connectivity index (χ1n) is 11.4. The Morgan fingerprint density at radius 2 is 2.20 bits per heavy atom. The van der Waals surface area contributed by atoms with Crippen LogP contribution >= 0.6 is 11.3 Å². The topological polar surface area (TPSA) is 117 Å². The molecule has 1 aromatic heterocycles. The summed E-state index contributed by atoms with van der Waals surface area (Å²) in [7, 11) is 0. The summed E-state index contributed by atoms with van der Waals surface area (Å²) in [5.41, 5.74) is -0.324. The molecule has 1 aromatic rings. The lowest BCUT2D eigenvalue weighted by Gasteiger charge is -2.28. The number of aliphatic imine (C=N–C) groups is 1.